The first-order valence-electron chi connectivity index (χ1n) is 10.7. The van der Waals surface area contributed by atoms with Gasteiger partial charge in [-0.3, -0.25) is 9.52 Å². The van der Waals surface area contributed by atoms with E-state index in [1.54, 1.807) is 42.5 Å². The van der Waals surface area contributed by atoms with Crippen molar-refractivity contribution in [2.75, 3.05) is 36.5 Å². The fourth-order valence-corrected chi connectivity index (χ4v) is 4.66. The number of benzene rings is 3. The largest absolute Gasteiger partial charge is 0.490 e. The van der Waals surface area contributed by atoms with Crippen LogP contribution in [0.25, 0.3) is 0 Å². The molecule has 0 atom stereocenters. The normalized spacial score (nSPS) is 14.6. The van der Waals surface area contributed by atoms with Crippen LogP contribution >= 0.6 is 0 Å². The van der Waals surface area contributed by atoms with Crippen LogP contribution in [-0.4, -0.2) is 40.8 Å². The molecule has 0 saturated carbocycles. The van der Waals surface area contributed by atoms with E-state index in [2.05, 4.69) is 10.0 Å². The fourth-order valence-electron chi connectivity index (χ4n) is 3.57. The first-order chi connectivity index (χ1) is 16.5. The van der Waals surface area contributed by atoms with Crippen LogP contribution in [0.2, 0.25) is 0 Å². The van der Waals surface area contributed by atoms with Crippen molar-refractivity contribution in [3.05, 3.63) is 66.2 Å². The summed E-state index contributed by atoms with van der Waals surface area (Å²) in [4.78, 5) is 12.8. The number of anilines is 2. The number of ether oxygens (including phenoxy) is 4. The van der Waals surface area contributed by atoms with Gasteiger partial charge in [-0.15, -0.1) is 0 Å². The molecule has 5 rings (SSSR count). The molecule has 3 aromatic carbocycles. The number of carbonyl (C=O) groups excluding carboxylic acids is 1. The third-order valence-corrected chi connectivity index (χ3v) is 6.59. The van der Waals surface area contributed by atoms with Gasteiger partial charge in [0.15, 0.2) is 23.0 Å². The summed E-state index contributed by atoms with van der Waals surface area (Å²) in [5, 5.41) is 2.77. The van der Waals surface area contributed by atoms with Gasteiger partial charge in [-0.1, -0.05) is 6.07 Å². The standard InChI is InChI=1S/C24H22N2O7S/c27-24(25-17-5-7-20-22(14-17)31-10-2-9-30-20)16-3-1-4-19(13-16)34(28,29)26-18-6-8-21-23(15-18)33-12-11-32-21/h1,3-8,13-15,26H,2,9-12H2,(H,25,27). The average molecular weight is 483 g/mol. The lowest BCUT2D eigenvalue weighted by Crippen LogP contribution is -2.17. The van der Waals surface area contributed by atoms with Gasteiger partial charge in [0, 0.05) is 29.8 Å². The van der Waals surface area contributed by atoms with E-state index in [0.717, 1.165) is 6.42 Å². The van der Waals surface area contributed by atoms with Crippen molar-refractivity contribution in [2.45, 2.75) is 11.3 Å². The minimum Gasteiger partial charge on any atom is -0.490 e. The molecule has 34 heavy (non-hydrogen) atoms. The predicted molar refractivity (Wildman–Crippen MR) is 125 cm³/mol. The third-order valence-electron chi connectivity index (χ3n) is 5.21. The maximum Gasteiger partial charge on any atom is 0.261 e. The highest BCUT2D eigenvalue weighted by molar-refractivity contribution is 7.92. The van der Waals surface area contributed by atoms with Crippen LogP contribution in [0.15, 0.2) is 65.6 Å². The molecule has 2 N–H and O–H groups in total. The molecule has 0 fully saturated rings. The Labute approximate surface area is 196 Å². The number of amides is 1. The Hall–Kier alpha value is -3.92. The Balaban J connectivity index is 1.32. The van der Waals surface area contributed by atoms with Gasteiger partial charge in [0.1, 0.15) is 13.2 Å². The lowest BCUT2D eigenvalue weighted by molar-refractivity contribution is 0.102. The molecule has 0 aliphatic carbocycles. The molecule has 0 bridgehead atoms. The minimum absolute atomic E-state index is 0.0475. The van der Waals surface area contributed by atoms with E-state index >= 15 is 0 Å². The second kappa shape index (κ2) is 9.14. The minimum atomic E-state index is -3.95. The summed E-state index contributed by atoms with van der Waals surface area (Å²) in [5.74, 6) is 1.74. The first-order valence-corrected chi connectivity index (χ1v) is 12.2. The molecule has 1 amide bonds. The van der Waals surface area contributed by atoms with Crippen LogP contribution in [0.3, 0.4) is 0 Å². The first kappa shape index (κ1) is 21.9. The Kier molecular flexibility index (Phi) is 5.89. The molecular weight excluding hydrogens is 460 g/mol. The summed E-state index contributed by atoms with van der Waals surface area (Å²) >= 11 is 0. The molecule has 2 aliphatic rings. The topological polar surface area (TPSA) is 112 Å². The van der Waals surface area contributed by atoms with E-state index in [0.29, 0.717) is 60.8 Å². The van der Waals surface area contributed by atoms with Crippen LogP contribution < -0.4 is 29.0 Å². The summed E-state index contributed by atoms with van der Waals surface area (Å²) < 4.78 is 50.6. The van der Waals surface area contributed by atoms with Gasteiger partial charge >= 0.3 is 0 Å². The predicted octanol–water partition coefficient (Wildman–Crippen LogP) is 3.67. The Morgan fingerprint density at radius 2 is 1.32 bits per heavy atom. The quantitative estimate of drug-likeness (QED) is 0.571. The van der Waals surface area contributed by atoms with Crippen molar-refractivity contribution < 1.29 is 32.2 Å². The molecular formula is C24H22N2O7S. The van der Waals surface area contributed by atoms with E-state index in [4.69, 9.17) is 18.9 Å². The highest BCUT2D eigenvalue weighted by atomic mass is 32.2. The number of hydrogen-bond acceptors (Lipinski definition) is 7. The molecule has 3 aromatic rings. The van der Waals surface area contributed by atoms with Crippen LogP contribution in [0.4, 0.5) is 11.4 Å². The number of rotatable bonds is 5. The fraction of sp³-hybridized carbons (Fsp3) is 0.208. The zero-order valence-electron chi connectivity index (χ0n) is 18.1. The monoisotopic (exact) mass is 482 g/mol. The van der Waals surface area contributed by atoms with Crippen molar-refractivity contribution in [3.63, 3.8) is 0 Å². The van der Waals surface area contributed by atoms with E-state index in [-0.39, 0.29) is 10.5 Å². The SMILES string of the molecule is O=C(Nc1ccc2c(c1)OCCCO2)c1cccc(S(=O)(=O)Nc2ccc3c(c2)OCCO3)c1. The lowest BCUT2D eigenvalue weighted by Gasteiger charge is -2.19. The second-order valence-electron chi connectivity index (χ2n) is 7.66. The average Bonchev–Trinajstić information content (AvgIpc) is 3.09. The molecule has 0 spiro atoms. The number of hydrogen-bond donors (Lipinski definition) is 2. The molecule has 0 radical (unpaired) electrons. The van der Waals surface area contributed by atoms with Gasteiger partial charge in [-0.2, -0.15) is 0 Å². The van der Waals surface area contributed by atoms with Crippen molar-refractivity contribution in [3.8, 4) is 23.0 Å². The maximum atomic E-state index is 13.0. The van der Waals surface area contributed by atoms with E-state index in [1.807, 2.05) is 0 Å². The number of nitrogens with one attached hydrogen (secondary N) is 2. The zero-order chi connectivity index (χ0) is 23.5. The Morgan fingerprint density at radius 1 is 0.706 bits per heavy atom. The van der Waals surface area contributed by atoms with Crippen molar-refractivity contribution in [1.82, 2.24) is 0 Å². The van der Waals surface area contributed by atoms with Crippen LogP contribution in [0, 0.1) is 0 Å². The smallest absolute Gasteiger partial charge is 0.261 e. The Morgan fingerprint density at radius 3 is 2.09 bits per heavy atom. The molecule has 2 heterocycles. The van der Waals surface area contributed by atoms with Gasteiger partial charge in [0.05, 0.1) is 23.8 Å². The van der Waals surface area contributed by atoms with Gasteiger partial charge < -0.3 is 24.3 Å². The second-order valence-corrected chi connectivity index (χ2v) is 9.34. The summed E-state index contributed by atoms with van der Waals surface area (Å²) in [7, 11) is -3.95. The Bertz CT molecular complexity index is 1340. The number of sulfonamides is 1. The van der Waals surface area contributed by atoms with Crippen LogP contribution in [0.1, 0.15) is 16.8 Å². The summed E-state index contributed by atoms with van der Waals surface area (Å²) in [6.45, 7) is 1.93. The lowest BCUT2D eigenvalue weighted by atomic mass is 10.2. The van der Waals surface area contributed by atoms with Crippen molar-refractivity contribution >= 4 is 27.3 Å². The van der Waals surface area contributed by atoms with Gasteiger partial charge in [0.25, 0.3) is 15.9 Å². The molecule has 0 unspecified atom stereocenters. The van der Waals surface area contributed by atoms with Gasteiger partial charge in [-0.25, -0.2) is 8.42 Å². The number of carbonyl (C=O) groups is 1. The maximum absolute atomic E-state index is 13.0. The van der Waals surface area contributed by atoms with Crippen LogP contribution in [0.5, 0.6) is 23.0 Å². The summed E-state index contributed by atoms with van der Waals surface area (Å²) in [6.07, 6.45) is 0.776. The highest BCUT2D eigenvalue weighted by Crippen LogP contribution is 2.34. The third kappa shape index (κ3) is 4.72. The molecule has 9 nitrogen and oxygen atoms in total. The van der Waals surface area contributed by atoms with Crippen molar-refractivity contribution in [2.24, 2.45) is 0 Å². The van der Waals surface area contributed by atoms with Crippen LogP contribution in [-0.2, 0) is 10.0 Å². The molecule has 0 saturated heterocycles. The highest BCUT2D eigenvalue weighted by Gasteiger charge is 2.19. The zero-order valence-corrected chi connectivity index (χ0v) is 18.9. The summed E-state index contributed by atoms with van der Waals surface area (Å²) in [6, 6.07) is 15.7. The molecule has 176 valence electrons. The molecule has 2 aliphatic heterocycles. The van der Waals surface area contributed by atoms with E-state index in [1.165, 1.54) is 18.2 Å². The summed E-state index contributed by atoms with van der Waals surface area (Å²) in [5.41, 5.74) is 1.03. The van der Waals surface area contributed by atoms with Crippen molar-refractivity contribution in [1.29, 1.82) is 0 Å². The van der Waals surface area contributed by atoms with Gasteiger partial charge in [-0.05, 0) is 42.5 Å². The number of fused-ring (bicyclic) bond motifs is 2. The van der Waals surface area contributed by atoms with E-state index in [9.17, 15) is 13.2 Å². The van der Waals surface area contributed by atoms with Gasteiger partial charge in [0.2, 0.25) is 0 Å². The molecule has 0 aromatic heterocycles. The van der Waals surface area contributed by atoms with E-state index < -0.39 is 15.9 Å². The molecule has 10 heteroatoms.